The predicted molar refractivity (Wildman–Crippen MR) is 133 cm³/mol. The number of aliphatic imine (C=N–C) groups is 1. The van der Waals surface area contributed by atoms with Gasteiger partial charge in [-0.15, -0.1) is 24.0 Å². The molecule has 0 aliphatic heterocycles. The summed E-state index contributed by atoms with van der Waals surface area (Å²) in [6.07, 6.45) is 8.72. The van der Waals surface area contributed by atoms with Crippen molar-refractivity contribution in [1.82, 2.24) is 16.0 Å². The Hall–Kier alpha value is -1.35. The van der Waals surface area contributed by atoms with Crippen molar-refractivity contribution in [3.05, 3.63) is 35.4 Å². The topological polar surface area (TPSA) is 74.8 Å². The van der Waals surface area contributed by atoms with Crippen molar-refractivity contribution in [3.8, 4) is 0 Å². The van der Waals surface area contributed by atoms with Gasteiger partial charge in [0.1, 0.15) is 0 Å². The van der Waals surface area contributed by atoms with E-state index in [0.29, 0.717) is 17.7 Å². The Morgan fingerprint density at radius 1 is 1.27 bits per heavy atom. The molecule has 30 heavy (non-hydrogen) atoms. The zero-order valence-electron chi connectivity index (χ0n) is 18.5. The Balaban J connectivity index is 0.00000320. The van der Waals surface area contributed by atoms with Crippen LogP contribution in [0.15, 0.2) is 29.3 Å². The summed E-state index contributed by atoms with van der Waals surface area (Å²) in [5.74, 6) is 0.807. The summed E-state index contributed by atoms with van der Waals surface area (Å²) in [6.45, 7) is 3.66. The van der Waals surface area contributed by atoms with Crippen molar-refractivity contribution in [2.45, 2.75) is 64.0 Å². The monoisotopic (exact) mass is 528 g/mol. The van der Waals surface area contributed by atoms with Gasteiger partial charge in [0.05, 0.1) is 6.10 Å². The van der Waals surface area contributed by atoms with E-state index in [1.54, 1.807) is 7.05 Å². The Kier molecular flexibility index (Phi) is 9.87. The Morgan fingerprint density at radius 3 is 2.70 bits per heavy atom. The van der Waals surface area contributed by atoms with E-state index in [2.05, 4.69) is 33.9 Å². The second-order valence-corrected chi connectivity index (χ2v) is 8.20. The van der Waals surface area contributed by atoms with E-state index in [-0.39, 0.29) is 35.3 Å². The van der Waals surface area contributed by atoms with Crippen LogP contribution in [0.5, 0.6) is 0 Å². The molecule has 1 aromatic carbocycles. The van der Waals surface area contributed by atoms with Crippen molar-refractivity contribution in [2.75, 3.05) is 27.2 Å². The van der Waals surface area contributed by atoms with E-state index < -0.39 is 0 Å². The highest BCUT2D eigenvalue weighted by molar-refractivity contribution is 14.0. The zero-order chi connectivity index (χ0) is 20.7. The average molecular weight is 528 g/mol. The normalized spacial score (nSPS) is 22.6. The fourth-order valence-electron chi connectivity index (χ4n) is 4.96. The standard InChI is InChI=1S/C23H36N4O2.HI/c1-4-29-20-16-19(23(20)12-6-5-7-13-23)27-22(25-3)26-14-11-17-9-8-10-18(15-17)21(28)24-2;/h8-10,15,19-20H,4-7,11-14,16H2,1-3H3,(H,24,28)(H2,25,26,27);1H. The van der Waals surface area contributed by atoms with Gasteiger partial charge in [0, 0.05) is 44.3 Å². The lowest BCUT2D eigenvalue weighted by atomic mass is 9.55. The van der Waals surface area contributed by atoms with Crippen LogP contribution in [0.4, 0.5) is 0 Å². The van der Waals surface area contributed by atoms with E-state index in [1.807, 2.05) is 25.2 Å². The minimum Gasteiger partial charge on any atom is -0.378 e. The molecule has 2 aliphatic carbocycles. The highest BCUT2D eigenvalue weighted by atomic mass is 127. The molecular weight excluding hydrogens is 491 g/mol. The van der Waals surface area contributed by atoms with Crippen LogP contribution >= 0.6 is 24.0 Å². The fourth-order valence-corrected chi connectivity index (χ4v) is 4.96. The third kappa shape index (κ3) is 5.66. The molecule has 3 rings (SSSR count). The van der Waals surface area contributed by atoms with Gasteiger partial charge in [0.15, 0.2) is 5.96 Å². The highest BCUT2D eigenvalue weighted by Crippen LogP contribution is 2.53. The van der Waals surface area contributed by atoms with Gasteiger partial charge in [-0.05, 0) is 50.3 Å². The molecule has 0 aromatic heterocycles. The van der Waals surface area contributed by atoms with Gasteiger partial charge in [-0.2, -0.15) is 0 Å². The number of halogens is 1. The molecule has 0 bridgehead atoms. The first-order valence-electron chi connectivity index (χ1n) is 11.0. The quantitative estimate of drug-likeness (QED) is 0.288. The lowest BCUT2D eigenvalue weighted by Gasteiger charge is -2.57. The summed E-state index contributed by atoms with van der Waals surface area (Å²) >= 11 is 0. The Bertz CT molecular complexity index is 719. The van der Waals surface area contributed by atoms with Crippen LogP contribution in [0.2, 0.25) is 0 Å². The summed E-state index contributed by atoms with van der Waals surface area (Å²) in [5, 5.41) is 9.79. The summed E-state index contributed by atoms with van der Waals surface area (Å²) in [4.78, 5) is 16.2. The molecule has 0 radical (unpaired) electrons. The van der Waals surface area contributed by atoms with E-state index in [9.17, 15) is 4.79 Å². The van der Waals surface area contributed by atoms with Crippen LogP contribution in [-0.2, 0) is 11.2 Å². The highest BCUT2D eigenvalue weighted by Gasteiger charge is 2.55. The van der Waals surface area contributed by atoms with Gasteiger partial charge >= 0.3 is 0 Å². The molecule has 2 atom stereocenters. The number of carbonyl (C=O) groups is 1. The number of carbonyl (C=O) groups excluding carboxylic acids is 1. The number of nitrogens with zero attached hydrogens (tertiary/aromatic N) is 1. The van der Waals surface area contributed by atoms with Crippen LogP contribution in [0.1, 0.15) is 61.4 Å². The Morgan fingerprint density at radius 2 is 2.03 bits per heavy atom. The maximum Gasteiger partial charge on any atom is 0.251 e. The third-order valence-electron chi connectivity index (χ3n) is 6.59. The average Bonchev–Trinajstić information content (AvgIpc) is 2.77. The predicted octanol–water partition coefficient (Wildman–Crippen LogP) is 3.50. The van der Waals surface area contributed by atoms with Crippen LogP contribution in [0.3, 0.4) is 0 Å². The molecule has 7 heteroatoms. The number of hydrogen-bond donors (Lipinski definition) is 3. The van der Waals surface area contributed by atoms with Crippen molar-refractivity contribution in [3.63, 3.8) is 0 Å². The first-order chi connectivity index (χ1) is 14.1. The number of hydrogen-bond acceptors (Lipinski definition) is 3. The van der Waals surface area contributed by atoms with Gasteiger partial charge in [0.25, 0.3) is 5.91 Å². The van der Waals surface area contributed by atoms with E-state index in [4.69, 9.17) is 4.74 Å². The van der Waals surface area contributed by atoms with Crippen LogP contribution < -0.4 is 16.0 Å². The molecule has 1 amide bonds. The minimum atomic E-state index is -0.0519. The van der Waals surface area contributed by atoms with Gasteiger partial charge < -0.3 is 20.7 Å². The first-order valence-corrected chi connectivity index (χ1v) is 11.0. The van der Waals surface area contributed by atoms with Gasteiger partial charge in [0.2, 0.25) is 0 Å². The second kappa shape index (κ2) is 11.9. The number of nitrogens with one attached hydrogen (secondary N) is 3. The summed E-state index contributed by atoms with van der Waals surface area (Å²) < 4.78 is 6.06. The summed E-state index contributed by atoms with van der Waals surface area (Å²) in [5.41, 5.74) is 2.11. The van der Waals surface area contributed by atoms with Crippen molar-refractivity contribution in [1.29, 1.82) is 0 Å². The molecule has 3 N–H and O–H groups in total. The van der Waals surface area contributed by atoms with Crippen molar-refractivity contribution >= 4 is 35.8 Å². The largest absolute Gasteiger partial charge is 0.378 e. The molecule has 0 heterocycles. The third-order valence-corrected chi connectivity index (χ3v) is 6.59. The smallest absolute Gasteiger partial charge is 0.251 e. The molecule has 2 aliphatic rings. The number of rotatable bonds is 7. The number of guanidine groups is 1. The molecule has 1 aromatic rings. The van der Waals surface area contributed by atoms with Crippen LogP contribution in [-0.4, -0.2) is 51.3 Å². The molecule has 1 spiro atoms. The van der Waals surface area contributed by atoms with Crippen LogP contribution in [0.25, 0.3) is 0 Å². The minimum absolute atomic E-state index is 0. The van der Waals surface area contributed by atoms with Crippen LogP contribution in [0, 0.1) is 5.41 Å². The molecule has 0 saturated heterocycles. The van der Waals surface area contributed by atoms with Gasteiger partial charge in [-0.25, -0.2) is 0 Å². The summed E-state index contributed by atoms with van der Waals surface area (Å²) in [6, 6.07) is 8.21. The fraction of sp³-hybridized carbons (Fsp3) is 0.652. The number of amides is 1. The second-order valence-electron chi connectivity index (χ2n) is 8.20. The zero-order valence-corrected chi connectivity index (χ0v) is 20.8. The molecule has 168 valence electrons. The lowest BCUT2D eigenvalue weighted by molar-refractivity contribution is -0.145. The van der Waals surface area contributed by atoms with E-state index >= 15 is 0 Å². The molecule has 6 nitrogen and oxygen atoms in total. The van der Waals surface area contributed by atoms with Gasteiger partial charge in [-0.3, -0.25) is 9.79 Å². The lowest BCUT2D eigenvalue weighted by Crippen LogP contribution is -2.66. The van der Waals surface area contributed by atoms with E-state index in [0.717, 1.165) is 37.5 Å². The molecule has 2 unspecified atom stereocenters. The molecule has 2 saturated carbocycles. The Labute approximate surface area is 198 Å². The number of benzene rings is 1. The molecule has 2 fully saturated rings. The summed E-state index contributed by atoms with van der Waals surface area (Å²) in [7, 11) is 3.48. The molecular formula is C23H37IN4O2. The van der Waals surface area contributed by atoms with Crippen molar-refractivity contribution in [2.24, 2.45) is 10.4 Å². The number of ether oxygens (including phenoxy) is 1. The van der Waals surface area contributed by atoms with Crippen molar-refractivity contribution < 1.29 is 9.53 Å². The first kappa shape index (κ1) is 24.9. The van der Waals surface area contributed by atoms with Gasteiger partial charge in [-0.1, -0.05) is 31.4 Å². The maximum absolute atomic E-state index is 11.8. The SMILES string of the molecule is CCOC1CC(NC(=NC)NCCc2cccc(C(=O)NC)c2)C12CCCCC2.I. The van der Waals surface area contributed by atoms with E-state index in [1.165, 1.54) is 32.1 Å². The maximum atomic E-state index is 11.8.